The van der Waals surface area contributed by atoms with Crippen molar-refractivity contribution in [2.75, 3.05) is 0 Å². The molecule has 246 valence electrons. The average molecular weight is 677 g/mol. The molecule has 0 spiro atoms. The summed E-state index contributed by atoms with van der Waals surface area (Å²) in [5, 5.41) is 12.6. The Labute approximate surface area is 302 Å². The lowest BCUT2D eigenvalue weighted by molar-refractivity contribution is 0.600. The van der Waals surface area contributed by atoms with E-state index in [4.69, 9.17) is 13.3 Å². The Morgan fingerprint density at radius 3 is 1.51 bits per heavy atom. The molecular formula is C50H28O3. The van der Waals surface area contributed by atoms with Crippen LogP contribution in [0.3, 0.4) is 0 Å². The van der Waals surface area contributed by atoms with Gasteiger partial charge in [0.25, 0.3) is 0 Å². The third kappa shape index (κ3) is 4.10. The lowest BCUT2D eigenvalue weighted by Gasteiger charge is -2.17. The number of fused-ring (bicyclic) bond motifs is 11. The van der Waals surface area contributed by atoms with Crippen LogP contribution in [-0.4, -0.2) is 0 Å². The maximum atomic E-state index is 6.73. The Balaban J connectivity index is 1.05. The van der Waals surface area contributed by atoms with Gasteiger partial charge < -0.3 is 13.3 Å². The molecule has 0 aliphatic rings. The molecule has 0 bridgehead atoms. The van der Waals surface area contributed by atoms with E-state index in [0.29, 0.717) is 0 Å². The zero-order valence-electron chi connectivity index (χ0n) is 28.4. The van der Waals surface area contributed by atoms with E-state index in [0.717, 1.165) is 77.1 Å². The maximum Gasteiger partial charge on any atom is 0.178 e. The van der Waals surface area contributed by atoms with Crippen molar-refractivity contribution in [3.8, 4) is 33.4 Å². The zero-order chi connectivity index (χ0) is 34.6. The van der Waals surface area contributed by atoms with Crippen LogP contribution < -0.4 is 0 Å². The van der Waals surface area contributed by atoms with Crippen molar-refractivity contribution in [2.45, 2.75) is 0 Å². The lowest BCUT2D eigenvalue weighted by Crippen LogP contribution is -1.90. The van der Waals surface area contributed by atoms with E-state index in [2.05, 4.69) is 152 Å². The lowest BCUT2D eigenvalue weighted by atomic mass is 9.85. The molecule has 0 radical (unpaired) electrons. The van der Waals surface area contributed by atoms with Gasteiger partial charge in [0.2, 0.25) is 0 Å². The van der Waals surface area contributed by atoms with Crippen molar-refractivity contribution in [1.29, 1.82) is 0 Å². The van der Waals surface area contributed by atoms with Crippen molar-refractivity contribution in [1.82, 2.24) is 0 Å². The molecule has 12 rings (SSSR count). The highest BCUT2D eigenvalue weighted by atomic mass is 16.4. The Kier molecular flexibility index (Phi) is 5.77. The number of furan rings is 3. The van der Waals surface area contributed by atoms with Gasteiger partial charge in [-0.3, -0.25) is 0 Å². The van der Waals surface area contributed by atoms with E-state index in [1.54, 1.807) is 0 Å². The minimum absolute atomic E-state index is 0.769. The number of hydrogen-bond donors (Lipinski definition) is 0. The first kappa shape index (κ1) is 28.6. The van der Waals surface area contributed by atoms with Crippen LogP contribution in [0.5, 0.6) is 0 Å². The molecule has 0 N–H and O–H groups in total. The predicted octanol–water partition coefficient (Wildman–Crippen LogP) is 14.7. The summed E-state index contributed by atoms with van der Waals surface area (Å²) in [6.45, 7) is 0. The SMILES string of the molecule is c1ccc2cc(-c3coc4c3ccc3c5ccc(-c6c7ccccc7c(-c7ccc8c(c7)oc7ccccc78)c7ccccc67)cc5oc34)ccc2c1. The van der Waals surface area contributed by atoms with Crippen LogP contribution in [0, 0.1) is 0 Å². The van der Waals surface area contributed by atoms with Crippen LogP contribution in [0.1, 0.15) is 0 Å². The van der Waals surface area contributed by atoms with E-state index in [1.807, 2.05) is 18.4 Å². The largest absolute Gasteiger partial charge is 0.460 e. The van der Waals surface area contributed by atoms with Gasteiger partial charge in [-0.1, -0.05) is 115 Å². The van der Waals surface area contributed by atoms with Gasteiger partial charge in [-0.15, -0.1) is 0 Å². The van der Waals surface area contributed by atoms with Crippen molar-refractivity contribution in [3.05, 3.63) is 170 Å². The quantitative estimate of drug-likeness (QED) is 0.175. The summed E-state index contributed by atoms with van der Waals surface area (Å²) in [5.74, 6) is 0. The standard InChI is InChI=1S/C50H28O3/c1-2-10-30-25-31(18-17-29(30)9-1)43-28-51-49-42(43)24-23-41-36-22-20-33(27-46(36)53-50(41)49)48-39-14-5-3-12-37(39)47(38-13-4-6-15-40(38)48)32-19-21-35-34-11-7-8-16-44(34)52-45(35)26-32/h1-28H. The van der Waals surface area contributed by atoms with Gasteiger partial charge in [0.05, 0.1) is 6.26 Å². The van der Waals surface area contributed by atoms with E-state index in [9.17, 15) is 0 Å². The summed E-state index contributed by atoms with van der Waals surface area (Å²) in [5.41, 5.74) is 11.0. The summed E-state index contributed by atoms with van der Waals surface area (Å²) in [4.78, 5) is 0. The third-order valence-electron chi connectivity index (χ3n) is 11.1. The number of benzene rings is 9. The fraction of sp³-hybridized carbons (Fsp3) is 0. The highest BCUT2D eigenvalue weighted by Gasteiger charge is 2.20. The van der Waals surface area contributed by atoms with E-state index >= 15 is 0 Å². The van der Waals surface area contributed by atoms with Gasteiger partial charge in [0.1, 0.15) is 16.7 Å². The smallest absolute Gasteiger partial charge is 0.178 e. The molecule has 3 nitrogen and oxygen atoms in total. The fourth-order valence-corrected chi connectivity index (χ4v) is 8.69. The molecule has 0 saturated carbocycles. The molecule has 0 atom stereocenters. The van der Waals surface area contributed by atoms with Gasteiger partial charge in [0, 0.05) is 32.5 Å². The molecule has 3 heterocycles. The summed E-state index contributed by atoms with van der Waals surface area (Å²) in [6.07, 6.45) is 1.86. The average Bonchev–Trinajstić information content (AvgIpc) is 3.92. The number of para-hydroxylation sites is 1. The van der Waals surface area contributed by atoms with Crippen LogP contribution in [0.2, 0.25) is 0 Å². The maximum absolute atomic E-state index is 6.73. The third-order valence-corrected chi connectivity index (χ3v) is 11.1. The molecule has 0 aliphatic heterocycles. The molecule has 3 aromatic heterocycles. The minimum atomic E-state index is 0.769. The molecule has 3 heteroatoms. The van der Waals surface area contributed by atoms with Crippen molar-refractivity contribution in [3.63, 3.8) is 0 Å². The number of rotatable bonds is 3. The first-order valence-electron chi connectivity index (χ1n) is 18.0. The molecule has 12 aromatic rings. The van der Waals surface area contributed by atoms with Crippen LogP contribution in [-0.2, 0) is 0 Å². The van der Waals surface area contributed by atoms with Gasteiger partial charge in [-0.25, -0.2) is 0 Å². The van der Waals surface area contributed by atoms with Crippen molar-refractivity contribution < 1.29 is 13.3 Å². The monoisotopic (exact) mass is 676 g/mol. The van der Waals surface area contributed by atoms with E-state index < -0.39 is 0 Å². The summed E-state index contributed by atoms with van der Waals surface area (Å²) >= 11 is 0. The van der Waals surface area contributed by atoms with Crippen LogP contribution in [0.15, 0.2) is 183 Å². The van der Waals surface area contributed by atoms with Crippen molar-refractivity contribution in [2.24, 2.45) is 0 Å². The zero-order valence-corrected chi connectivity index (χ0v) is 28.4. The molecule has 0 unspecified atom stereocenters. The first-order valence-corrected chi connectivity index (χ1v) is 18.0. The Morgan fingerprint density at radius 2 is 0.811 bits per heavy atom. The second kappa shape index (κ2) is 10.7. The molecule has 0 saturated heterocycles. The molecule has 9 aromatic carbocycles. The van der Waals surface area contributed by atoms with E-state index in [-0.39, 0.29) is 0 Å². The highest BCUT2D eigenvalue weighted by Crippen LogP contribution is 2.46. The highest BCUT2D eigenvalue weighted by molar-refractivity contribution is 6.23. The van der Waals surface area contributed by atoms with Gasteiger partial charge in [0.15, 0.2) is 11.2 Å². The Bertz CT molecular complexity index is 3410. The fourth-order valence-electron chi connectivity index (χ4n) is 8.69. The summed E-state index contributed by atoms with van der Waals surface area (Å²) in [6, 6.07) is 58.3. The summed E-state index contributed by atoms with van der Waals surface area (Å²) < 4.78 is 19.4. The second-order valence-electron chi connectivity index (χ2n) is 14.0. The molecule has 53 heavy (non-hydrogen) atoms. The van der Waals surface area contributed by atoms with Crippen LogP contribution in [0.25, 0.3) is 121 Å². The van der Waals surface area contributed by atoms with Gasteiger partial charge in [-0.2, -0.15) is 0 Å². The minimum Gasteiger partial charge on any atom is -0.460 e. The normalized spacial score (nSPS) is 12.2. The summed E-state index contributed by atoms with van der Waals surface area (Å²) in [7, 11) is 0. The molecule has 0 amide bonds. The Hall–Kier alpha value is -7.10. The first-order chi connectivity index (χ1) is 26.3. The number of hydrogen-bond acceptors (Lipinski definition) is 3. The molecule has 0 aliphatic carbocycles. The molecule has 0 fully saturated rings. The van der Waals surface area contributed by atoms with Crippen LogP contribution in [0.4, 0.5) is 0 Å². The topological polar surface area (TPSA) is 39.4 Å². The molecular weight excluding hydrogens is 649 g/mol. The van der Waals surface area contributed by atoms with Gasteiger partial charge in [-0.05, 0) is 109 Å². The second-order valence-corrected chi connectivity index (χ2v) is 14.0. The van der Waals surface area contributed by atoms with E-state index in [1.165, 1.54) is 43.4 Å². The predicted molar refractivity (Wildman–Crippen MR) is 220 cm³/mol. The van der Waals surface area contributed by atoms with Crippen LogP contribution >= 0.6 is 0 Å². The Morgan fingerprint density at radius 1 is 0.302 bits per heavy atom. The van der Waals surface area contributed by atoms with Gasteiger partial charge >= 0.3 is 0 Å². The van der Waals surface area contributed by atoms with Crippen molar-refractivity contribution >= 4 is 87.2 Å².